The fourth-order valence-corrected chi connectivity index (χ4v) is 15.1. The normalized spacial score (nSPS) is 53.5. The zero-order chi connectivity index (χ0) is 48.2. The highest BCUT2D eigenvalue weighted by Crippen LogP contribution is 2.76. The van der Waals surface area contributed by atoms with Gasteiger partial charge in [0.25, 0.3) is 0 Å². The Morgan fingerprint density at radius 1 is 0.697 bits per heavy atom. The first-order valence-corrected chi connectivity index (χ1v) is 24.0. The van der Waals surface area contributed by atoms with Crippen molar-refractivity contribution in [1.82, 2.24) is 0 Å². The number of carbonyl (C=O) groups excluding carboxylic acids is 1. The number of ether oxygens (including phenoxy) is 6. The SMILES string of the molecule is C[C@H]1[C@H](C)CC[C@]2(C(=O)O[C@@H]3O[C@H](CO)[C@@H](O)[C@H](O)[C@H]3O)CC[C@]3(C(=O)O)C(=CC[C@@H]4[C@@]5(C)CC[C@H](O[C@@H]6O[C@H](CO)[C@@H](O)[C@H](O)[C@H]6O[C@@H]6OC[C@H](O)[C@H](O)[C@H]6O)C(C)(C)[C@@H]5CC[C@]43C)[C@H]12. The average molecular weight is 943 g/mol. The third-order valence-corrected chi connectivity index (χ3v) is 19.1. The van der Waals surface area contributed by atoms with Gasteiger partial charge in [-0.05, 0) is 104 Å². The van der Waals surface area contributed by atoms with E-state index in [4.69, 9.17) is 28.4 Å². The first-order chi connectivity index (χ1) is 31.0. The molecule has 11 N–H and O–H groups in total. The molecular weight excluding hydrogens is 868 g/mol. The van der Waals surface area contributed by atoms with Gasteiger partial charge in [0.1, 0.15) is 67.1 Å². The largest absolute Gasteiger partial charge is 0.481 e. The molecule has 0 aromatic carbocycles. The van der Waals surface area contributed by atoms with Crippen molar-refractivity contribution < 1.29 is 94.2 Å². The molecule has 24 atom stereocenters. The maximum absolute atomic E-state index is 14.7. The van der Waals surface area contributed by atoms with Crippen LogP contribution in [0, 0.1) is 56.7 Å². The smallest absolute Gasteiger partial charge is 0.315 e. The van der Waals surface area contributed by atoms with Crippen molar-refractivity contribution in [1.29, 1.82) is 0 Å². The van der Waals surface area contributed by atoms with Crippen LogP contribution in [0.3, 0.4) is 0 Å². The minimum Gasteiger partial charge on any atom is -0.481 e. The molecule has 3 aliphatic heterocycles. The molecule has 376 valence electrons. The fraction of sp³-hybridized carbons (Fsp3) is 0.915. The lowest BCUT2D eigenvalue weighted by Crippen LogP contribution is -2.68. The first-order valence-electron chi connectivity index (χ1n) is 24.0. The summed E-state index contributed by atoms with van der Waals surface area (Å²) < 4.78 is 35.8. The number of hydrogen-bond acceptors (Lipinski definition) is 18. The van der Waals surface area contributed by atoms with E-state index in [-0.39, 0.29) is 43.1 Å². The van der Waals surface area contributed by atoms with Crippen molar-refractivity contribution in [2.45, 2.75) is 191 Å². The van der Waals surface area contributed by atoms with Gasteiger partial charge in [0.2, 0.25) is 6.29 Å². The van der Waals surface area contributed by atoms with Gasteiger partial charge < -0.3 is 84.6 Å². The average Bonchev–Trinajstić information content (AvgIpc) is 3.27. The van der Waals surface area contributed by atoms with Crippen molar-refractivity contribution >= 4 is 11.9 Å². The molecule has 5 aliphatic carbocycles. The minimum absolute atomic E-state index is 0.0142. The number of carbonyl (C=O) groups is 2. The molecule has 4 saturated carbocycles. The Kier molecular flexibility index (Phi) is 13.8. The van der Waals surface area contributed by atoms with Crippen LogP contribution in [0.2, 0.25) is 0 Å². The van der Waals surface area contributed by atoms with Crippen molar-refractivity contribution in [3.8, 4) is 0 Å². The Hall–Kier alpha value is -1.92. The minimum atomic E-state index is -1.78. The Morgan fingerprint density at radius 2 is 1.33 bits per heavy atom. The highest BCUT2D eigenvalue weighted by atomic mass is 16.8. The third-order valence-electron chi connectivity index (χ3n) is 19.1. The van der Waals surface area contributed by atoms with Gasteiger partial charge in [-0.15, -0.1) is 0 Å². The van der Waals surface area contributed by atoms with Crippen molar-refractivity contribution in [2.75, 3.05) is 19.8 Å². The summed E-state index contributed by atoms with van der Waals surface area (Å²) in [6.45, 7) is 11.0. The quantitative estimate of drug-likeness (QED) is 0.0803. The van der Waals surface area contributed by atoms with Crippen LogP contribution in [-0.4, -0.2) is 180 Å². The lowest BCUT2D eigenvalue weighted by Gasteiger charge is -2.70. The van der Waals surface area contributed by atoms with E-state index in [2.05, 4.69) is 47.6 Å². The van der Waals surface area contributed by atoms with E-state index in [9.17, 15) is 65.8 Å². The molecule has 0 spiro atoms. The second-order valence-corrected chi connectivity index (χ2v) is 22.3. The summed E-state index contributed by atoms with van der Waals surface area (Å²) in [5, 5.41) is 117. The molecule has 7 fully saturated rings. The first kappa shape index (κ1) is 50.5. The van der Waals surface area contributed by atoms with E-state index in [0.717, 1.165) is 5.57 Å². The molecule has 66 heavy (non-hydrogen) atoms. The Balaban J connectivity index is 1.08. The van der Waals surface area contributed by atoms with Gasteiger partial charge in [0.15, 0.2) is 12.6 Å². The van der Waals surface area contributed by atoms with Crippen LogP contribution in [0.25, 0.3) is 0 Å². The van der Waals surface area contributed by atoms with E-state index in [0.29, 0.717) is 44.9 Å². The van der Waals surface area contributed by atoms with E-state index < -0.39 is 150 Å². The van der Waals surface area contributed by atoms with Crippen LogP contribution in [0.1, 0.15) is 99.3 Å². The number of fused-ring (bicyclic) bond motifs is 7. The van der Waals surface area contributed by atoms with Crippen LogP contribution in [-0.2, 0) is 38.0 Å². The van der Waals surface area contributed by atoms with Gasteiger partial charge in [-0.2, -0.15) is 0 Å². The monoisotopic (exact) mass is 942 g/mol. The van der Waals surface area contributed by atoms with Crippen LogP contribution in [0.5, 0.6) is 0 Å². The van der Waals surface area contributed by atoms with E-state index in [1.165, 1.54) is 0 Å². The zero-order valence-corrected chi connectivity index (χ0v) is 38.8. The van der Waals surface area contributed by atoms with Gasteiger partial charge in [-0.1, -0.05) is 53.2 Å². The maximum atomic E-state index is 14.7. The molecule has 0 aromatic heterocycles. The molecule has 0 radical (unpaired) electrons. The summed E-state index contributed by atoms with van der Waals surface area (Å²) >= 11 is 0. The van der Waals surface area contributed by atoms with Crippen molar-refractivity contribution in [3.63, 3.8) is 0 Å². The maximum Gasteiger partial charge on any atom is 0.315 e. The van der Waals surface area contributed by atoms with Gasteiger partial charge in [-0.25, -0.2) is 0 Å². The van der Waals surface area contributed by atoms with E-state index in [1.54, 1.807) is 0 Å². The number of hydrogen-bond donors (Lipinski definition) is 11. The second kappa shape index (κ2) is 18.0. The van der Waals surface area contributed by atoms with Crippen LogP contribution in [0.4, 0.5) is 0 Å². The third kappa shape index (κ3) is 7.47. The highest BCUT2D eigenvalue weighted by Gasteiger charge is 2.74. The molecule has 3 saturated heterocycles. The molecule has 0 aromatic rings. The Bertz CT molecular complexity index is 1830. The standard InChI is InChI=1S/C47H74O19/c1-20-9-14-46(42(60)66-39-36(57)33(54)31(52)24(17-48)62-39)15-16-47(41(58)59)22(29(46)21(20)2)7-8-27-44(5)12-11-28(43(3,4)26(44)10-13-45(27,47)6)64-40-37(34(55)32(53)25(18-49)63-40)65-38-35(56)30(51)23(50)19-61-38/h7,20-21,23-40,48-57H,8-19H2,1-6H3,(H,58,59)/t20-,21+,23+,24-,25-,26+,27-,28+,29+,30+,31-,32-,33+,34+,35-,36-,37-,38+,39+,40+,44+,45-,46+,47-/m1/s1. The summed E-state index contributed by atoms with van der Waals surface area (Å²) in [6, 6.07) is 0. The molecular formula is C47H74O19. The number of aliphatic hydroxyl groups excluding tert-OH is 10. The molecule has 19 nitrogen and oxygen atoms in total. The number of rotatable bonds is 9. The van der Waals surface area contributed by atoms with E-state index in [1.807, 2.05) is 0 Å². The summed E-state index contributed by atoms with van der Waals surface area (Å²) in [6.07, 6.45) is -15.8. The Labute approximate surface area is 385 Å². The number of esters is 1. The number of carboxylic acids is 1. The lowest BCUT2D eigenvalue weighted by molar-refractivity contribution is -0.370. The molecule has 8 aliphatic rings. The molecule has 8 rings (SSSR count). The van der Waals surface area contributed by atoms with Gasteiger partial charge in [0.05, 0.1) is 36.8 Å². The molecule has 0 unspecified atom stereocenters. The predicted molar refractivity (Wildman–Crippen MR) is 226 cm³/mol. The van der Waals surface area contributed by atoms with Crippen molar-refractivity contribution in [3.05, 3.63) is 11.6 Å². The number of allylic oxidation sites excluding steroid dienone is 1. The fourth-order valence-electron chi connectivity index (χ4n) is 15.1. The highest BCUT2D eigenvalue weighted by molar-refractivity contribution is 5.85. The van der Waals surface area contributed by atoms with Gasteiger partial charge >= 0.3 is 11.9 Å². The number of aliphatic carboxylic acids is 1. The van der Waals surface area contributed by atoms with Gasteiger partial charge in [0, 0.05) is 0 Å². The topological polar surface area (TPSA) is 312 Å². The summed E-state index contributed by atoms with van der Waals surface area (Å²) in [5.74, 6) is -2.25. The van der Waals surface area contributed by atoms with Crippen molar-refractivity contribution in [2.24, 2.45) is 56.7 Å². The Morgan fingerprint density at radius 3 is 1.98 bits per heavy atom. The number of aliphatic hydroxyl groups is 10. The number of carboxylic acid groups (broad SMARTS) is 1. The predicted octanol–water partition coefficient (Wildman–Crippen LogP) is -0.300. The van der Waals surface area contributed by atoms with Crippen LogP contribution in [0.15, 0.2) is 11.6 Å². The molecule has 19 heteroatoms. The van der Waals surface area contributed by atoms with E-state index >= 15 is 0 Å². The van der Waals surface area contributed by atoms with Crippen LogP contribution >= 0.6 is 0 Å². The summed E-state index contributed by atoms with van der Waals surface area (Å²) in [4.78, 5) is 29.1. The zero-order valence-electron chi connectivity index (χ0n) is 38.8. The lowest BCUT2D eigenvalue weighted by atomic mass is 9.33. The van der Waals surface area contributed by atoms with Gasteiger partial charge in [-0.3, -0.25) is 9.59 Å². The molecule has 0 bridgehead atoms. The second-order valence-electron chi connectivity index (χ2n) is 22.3. The van der Waals surface area contributed by atoms with Crippen LogP contribution < -0.4 is 0 Å². The summed E-state index contributed by atoms with van der Waals surface area (Å²) in [7, 11) is 0. The summed E-state index contributed by atoms with van der Waals surface area (Å²) in [5.41, 5.74) is -3.53. The molecule has 0 amide bonds. The molecule has 3 heterocycles.